The smallest absolute Gasteiger partial charge is 0.127 e. The zero-order valence-corrected chi connectivity index (χ0v) is 12.3. The van der Waals surface area contributed by atoms with Gasteiger partial charge in [-0.15, -0.1) is 0 Å². The van der Waals surface area contributed by atoms with Gasteiger partial charge in [0.1, 0.15) is 5.82 Å². The maximum Gasteiger partial charge on any atom is 0.127 e. The summed E-state index contributed by atoms with van der Waals surface area (Å²) in [4.78, 5) is 6.56. The normalized spacial score (nSPS) is 38.6. The summed E-state index contributed by atoms with van der Waals surface area (Å²) in [5.41, 5.74) is 4.32. The van der Waals surface area contributed by atoms with Crippen molar-refractivity contribution in [1.29, 1.82) is 0 Å². The fraction of sp³-hybridized carbons (Fsp3) is 0.688. The molecule has 3 N–H and O–H groups in total. The van der Waals surface area contributed by atoms with Crippen LogP contribution in [0.4, 0.5) is 5.82 Å². The molecule has 3 saturated carbocycles. The van der Waals surface area contributed by atoms with Gasteiger partial charge >= 0.3 is 0 Å². The molecule has 1 aromatic heterocycles. The summed E-state index contributed by atoms with van der Waals surface area (Å²) in [6.07, 6.45) is 6.39. The van der Waals surface area contributed by atoms with Gasteiger partial charge < -0.3 is 4.90 Å². The fourth-order valence-electron chi connectivity index (χ4n) is 5.11. The quantitative estimate of drug-likeness (QED) is 0.650. The van der Waals surface area contributed by atoms with Crippen molar-refractivity contribution in [2.45, 2.75) is 25.3 Å². The Morgan fingerprint density at radius 3 is 2.45 bits per heavy atom. The van der Waals surface area contributed by atoms with Crippen molar-refractivity contribution in [2.75, 3.05) is 19.0 Å². The van der Waals surface area contributed by atoms with Gasteiger partial charge in [-0.05, 0) is 60.5 Å². The van der Waals surface area contributed by atoms with Crippen molar-refractivity contribution in [3.63, 3.8) is 0 Å². The van der Waals surface area contributed by atoms with Gasteiger partial charge in [-0.1, -0.05) is 6.07 Å². The van der Waals surface area contributed by atoms with Crippen molar-refractivity contribution in [3.05, 3.63) is 23.9 Å². The highest BCUT2D eigenvalue weighted by molar-refractivity contribution is 5.38. The third kappa shape index (κ3) is 1.71. The third-order valence-corrected chi connectivity index (χ3v) is 5.95. The first-order valence-electron chi connectivity index (χ1n) is 7.80. The van der Waals surface area contributed by atoms with Gasteiger partial charge in [0.05, 0.1) is 6.04 Å². The summed E-state index contributed by atoms with van der Waals surface area (Å²) in [5.74, 6) is 11.5. The summed E-state index contributed by atoms with van der Waals surface area (Å²) in [6.45, 7) is 0. The van der Waals surface area contributed by atoms with Crippen LogP contribution in [-0.4, -0.2) is 19.1 Å². The minimum Gasteiger partial charge on any atom is -0.363 e. The summed E-state index contributed by atoms with van der Waals surface area (Å²) in [7, 11) is 4.04. The van der Waals surface area contributed by atoms with Gasteiger partial charge in [-0.25, -0.2) is 4.98 Å². The van der Waals surface area contributed by atoms with Crippen molar-refractivity contribution in [2.24, 2.45) is 35.4 Å². The number of rotatable bonds is 4. The number of anilines is 1. The standard InChI is InChI=1S/C16H24N4/c1-20(2)12-6-5-11(8-18-12)16(19-17)15-13-9-3-4-10(7-9)14(13)15/h5-6,8-10,13-16,19H,3-4,7,17H2,1-2H3. The van der Waals surface area contributed by atoms with Gasteiger partial charge in [-0.2, -0.15) is 0 Å². The van der Waals surface area contributed by atoms with Crippen LogP contribution in [0.5, 0.6) is 0 Å². The average molecular weight is 272 g/mol. The molecule has 20 heavy (non-hydrogen) atoms. The largest absolute Gasteiger partial charge is 0.363 e. The van der Waals surface area contributed by atoms with Gasteiger partial charge in [0, 0.05) is 20.3 Å². The monoisotopic (exact) mass is 272 g/mol. The maximum atomic E-state index is 5.87. The van der Waals surface area contributed by atoms with E-state index < -0.39 is 0 Å². The molecule has 2 bridgehead atoms. The van der Waals surface area contributed by atoms with Gasteiger partial charge in [0.15, 0.2) is 0 Å². The van der Waals surface area contributed by atoms with Gasteiger partial charge in [0.2, 0.25) is 0 Å². The first-order valence-corrected chi connectivity index (χ1v) is 7.80. The van der Waals surface area contributed by atoms with E-state index in [9.17, 15) is 0 Å². The second-order valence-electron chi connectivity index (χ2n) is 7.05. The lowest BCUT2D eigenvalue weighted by Gasteiger charge is -2.20. The van der Waals surface area contributed by atoms with Crippen LogP contribution in [0.3, 0.4) is 0 Å². The predicted molar refractivity (Wildman–Crippen MR) is 79.9 cm³/mol. The minimum absolute atomic E-state index is 0.289. The summed E-state index contributed by atoms with van der Waals surface area (Å²) in [5, 5.41) is 0. The van der Waals surface area contributed by atoms with Gasteiger partial charge in [-0.3, -0.25) is 11.3 Å². The van der Waals surface area contributed by atoms with Crippen LogP contribution in [-0.2, 0) is 0 Å². The minimum atomic E-state index is 0.289. The molecule has 3 aliphatic carbocycles. The maximum absolute atomic E-state index is 5.87. The molecular formula is C16H24N4. The van der Waals surface area contributed by atoms with Crippen LogP contribution in [0, 0.1) is 29.6 Å². The van der Waals surface area contributed by atoms with Crippen LogP contribution in [0.2, 0.25) is 0 Å². The summed E-state index contributed by atoms with van der Waals surface area (Å²) < 4.78 is 0. The van der Waals surface area contributed by atoms with Crippen LogP contribution in [0.1, 0.15) is 30.9 Å². The number of aromatic nitrogens is 1. The SMILES string of the molecule is CN(C)c1ccc(C(NN)C2C3C4CCC(C4)C32)cn1. The van der Waals surface area contributed by atoms with Crippen molar-refractivity contribution < 1.29 is 0 Å². The van der Waals surface area contributed by atoms with Crippen LogP contribution in [0.25, 0.3) is 0 Å². The second kappa shape index (κ2) is 4.43. The zero-order valence-electron chi connectivity index (χ0n) is 12.3. The van der Waals surface area contributed by atoms with E-state index in [1.807, 2.05) is 25.2 Å². The number of hydrogen-bond donors (Lipinski definition) is 2. The topological polar surface area (TPSA) is 54.2 Å². The summed E-state index contributed by atoms with van der Waals surface area (Å²) >= 11 is 0. The molecule has 108 valence electrons. The number of nitrogens with one attached hydrogen (secondary N) is 1. The van der Waals surface area contributed by atoms with Crippen molar-refractivity contribution >= 4 is 5.82 Å². The lowest BCUT2D eigenvalue weighted by Crippen LogP contribution is -2.31. The number of fused-ring (bicyclic) bond motifs is 5. The Balaban J connectivity index is 1.54. The Morgan fingerprint density at radius 1 is 1.25 bits per heavy atom. The molecule has 0 aromatic carbocycles. The first-order chi connectivity index (χ1) is 9.70. The molecule has 0 aliphatic heterocycles. The number of nitrogens with zero attached hydrogens (tertiary/aromatic N) is 2. The zero-order chi connectivity index (χ0) is 13.9. The van der Waals surface area contributed by atoms with E-state index in [0.29, 0.717) is 0 Å². The number of pyridine rings is 1. The van der Waals surface area contributed by atoms with E-state index >= 15 is 0 Å². The van der Waals surface area contributed by atoms with E-state index in [0.717, 1.165) is 35.4 Å². The molecule has 0 amide bonds. The Kier molecular flexibility index (Phi) is 2.79. The first kappa shape index (κ1) is 12.6. The molecule has 1 aromatic rings. The molecule has 4 heteroatoms. The lowest BCUT2D eigenvalue weighted by atomic mass is 9.94. The number of hydrazine groups is 1. The molecule has 0 radical (unpaired) electrons. The second-order valence-corrected chi connectivity index (χ2v) is 7.05. The number of nitrogens with two attached hydrogens (primary N) is 1. The molecule has 4 rings (SSSR count). The van der Waals surface area contributed by atoms with E-state index in [4.69, 9.17) is 5.84 Å². The fourth-order valence-corrected chi connectivity index (χ4v) is 5.11. The van der Waals surface area contributed by atoms with Crippen molar-refractivity contribution in [1.82, 2.24) is 10.4 Å². The van der Waals surface area contributed by atoms with Crippen LogP contribution >= 0.6 is 0 Å². The van der Waals surface area contributed by atoms with E-state index in [2.05, 4.69) is 22.5 Å². The molecule has 4 nitrogen and oxygen atoms in total. The highest BCUT2D eigenvalue weighted by Gasteiger charge is 2.66. The Hall–Kier alpha value is -1.13. The Morgan fingerprint density at radius 2 is 1.95 bits per heavy atom. The predicted octanol–water partition coefficient (Wildman–Crippen LogP) is 1.94. The van der Waals surface area contributed by atoms with E-state index in [-0.39, 0.29) is 6.04 Å². The molecule has 3 aliphatic rings. The molecule has 5 unspecified atom stereocenters. The summed E-state index contributed by atoms with van der Waals surface area (Å²) in [6, 6.07) is 4.56. The van der Waals surface area contributed by atoms with Crippen molar-refractivity contribution in [3.8, 4) is 0 Å². The average Bonchev–Trinajstić information content (AvgIpc) is 2.88. The van der Waals surface area contributed by atoms with E-state index in [1.54, 1.807) is 0 Å². The third-order valence-electron chi connectivity index (χ3n) is 5.95. The molecular weight excluding hydrogens is 248 g/mol. The van der Waals surface area contributed by atoms with Crippen LogP contribution in [0.15, 0.2) is 18.3 Å². The van der Waals surface area contributed by atoms with Gasteiger partial charge in [0.25, 0.3) is 0 Å². The highest BCUT2D eigenvalue weighted by Crippen LogP contribution is 2.72. The lowest BCUT2D eigenvalue weighted by molar-refractivity contribution is 0.373. The molecule has 1 heterocycles. The highest BCUT2D eigenvalue weighted by atomic mass is 15.2. The Bertz CT molecular complexity index is 482. The Labute approximate surface area is 120 Å². The number of hydrogen-bond acceptors (Lipinski definition) is 4. The molecule has 5 atom stereocenters. The molecule has 0 saturated heterocycles. The molecule has 0 spiro atoms. The van der Waals surface area contributed by atoms with E-state index in [1.165, 1.54) is 24.8 Å². The molecule has 3 fully saturated rings. The van der Waals surface area contributed by atoms with Crippen LogP contribution < -0.4 is 16.2 Å².